The maximum atomic E-state index is 11.9. The average Bonchev–Trinajstić information content (AvgIpc) is 3.09. The number of aromatic nitrogens is 2. The zero-order valence-corrected chi connectivity index (χ0v) is 13.9. The molecular weight excluding hydrogens is 328 g/mol. The van der Waals surface area contributed by atoms with E-state index in [9.17, 15) is 4.79 Å². The Hall–Kier alpha value is -2.34. The molecule has 0 saturated heterocycles. The van der Waals surface area contributed by atoms with Crippen LogP contribution in [0.5, 0.6) is 0 Å². The summed E-state index contributed by atoms with van der Waals surface area (Å²) in [7, 11) is 0. The first-order valence-electron chi connectivity index (χ1n) is 7.97. The number of benzene rings is 1. The van der Waals surface area contributed by atoms with Crippen molar-refractivity contribution in [2.45, 2.75) is 32.2 Å². The van der Waals surface area contributed by atoms with E-state index in [4.69, 9.17) is 16.4 Å². The smallest absolute Gasteiger partial charge is 0.337 e. The highest BCUT2D eigenvalue weighted by Gasteiger charge is 2.22. The molecule has 1 aromatic heterocycles. The Morgan fingerprint density at radius 3 is 2.96 bits per heavy atom. The van der Waals surface area contributed by atoms with Gasteiger partial charge in [-0.05, 0) is 43.5 Å². The molecule has 0 spiro atoms. The second kappa shape index (κ2) is 7.97. The SMILES string of the molecule is O=C(Nc1ccc(Cl)cc1)O/N=C1\CCCCC1Cn1ccnc1. The van der Waals surface area contributed by atoms with Crippen LogP contribution in [0.4, 0.5) is 10.5 Å². The summed E-state index contributed by atoms with van der Waals surface area (Å²) in [5.41, 5.74) is 1.55. The second-order valence-electron chi connectivity index (χ2n) is 5.80. The molecule has 0 radical (unpaired) electrons. The summed E-state index contributed by atoms with van der Waals surface area (Å²) in [6.07, 6.45) is 9.01. The minimum atomic E-state index is -0.600. The van der Waals surface area contributed by atoms with Gasteiger partial charge in [-0.2, -0.15) is 0 Å². The molecule has 1 fully saturated rings. The van der Waals surface area contributed by atoms with Gasteiger partial charge in [-0.15, -0.1) is 0 Å². The molecule has 1 N–H and O–H groups in total. The fourth-order valence-electron chi connectivity index (χ4n) is 2.81. The molecule has 1 amide bonds. The first-order valence-corrected chi connectivity index (χ1v) is 8.34. The number of imidazole rings is 1. The van der Waals surface area contributed by atoms with Gasteiger partial charge in [-0.25, -0.2) is 9.78 Å². The molecule has 7 heteroatoms. The standard InChI is InChI=1S/C17H19ClN4O2/c18-14-5-7-15(8-6-14)20-17(23)24-21-16-4-2-1-3-13(16)11-22-10-9-19-12-22/h5-10,12-13H,1-4,11H2,(H,20,23)/b21-16+. The van der Waals surface area contributed by atoms with Crippen molar-refractivity contribution in [3.05, 3.63) is 48.0 Å². The van der Waals surface area contributed by atoms with Crippen molar-refractivity contribution in [3.63, 3.8) is 0 Å². The van der Waals surface area contributed by atoms with Gasteiger partial charge in [-0.3, -0.25) is 10.2 Å². The molecule has 1 heterocycles. The fourth-order valence-corrected chi connectivity index (χ4v) is 2.93. The summed E-state index contributed by atoms with van der Waals surface area (Å²) in [5.74, 6) is 0.274. The summed E-state index contributed by atoms with van der Waals surface area (Å²) in [5, 5.41) is 7.34. The van der Waals surface area contributed by atoms with Crippen LogP contribution in [0, 0.1) is 5.92 Å². The van der Waals surface area contributed by atoms with Crippen molar-refractivity contribution in [3.8, 4) is 0 Å². The number of halogens is 1. The molecule has 1 aromatic carbocycles. The van der Waals surface area contributed by atoms with E-state index >= 15 is 0 Å². The van der Waals surface area contributed by atoms with Gasteiger partial charge >= 0.3 is 6.09 Å². The Bertz CT molecular complexity index is 698. The monoisotopic (exact) mass is 346 g/mol. The minimum absolute atomic E-state index is 0.274. The van der Waals surface area contributed by atoms with E-state index in [1.165, 1.54) is 0 Å². The van der Waals surface area contributed by atoms with E-state index in [-0.39, 0.29) is 5.92 Å². The minimum Gasteiger partial charge on any atom is -0.337 e. The second-order valence-corrected chi connectivity index (χ2v) is 6.23. The molecule has 1 saturated carbocycles. The number of oxime groups is 1. The number of amides is 1. The molecule has 2 aromatic rings. The van der Waals surface area contributed by atoms with Gasteiger partial charge in [0, 0.05) is 35.6 Å². The lowest BCUT2D eigenvalue weighted by molar-refractivity contribution is 0.164. The Balaban J connectivity index is 1.58. The lowest BCUT2D eigenvalue weighted by Crippen LogP contribution is -2.25. The Labute approximate surface area is 145 Å². The third kappa shape index (κ3) is 4.58. The fraction of sp³-hybridized carbons (Fsp3) is 0.353. The van der Waals surface area contributed by atoms with Crippen LogP contribution >= 0.6 is 11.6 Å². The van der Waals surface area contributed by atoms with Crippen molar-refractivity contribution in [2.24, 2.45) is 11.1 Å². The van der Waals surface area contributed by atoms with Gasteiger partial charge in [-0.1, -0.05) is 23.2 Å². The maximum Gasteiger partial charge on any atom is 0.437 e. The third-order valence-corrected chi connectivity index (χ3v) is 4.29. The molecule has 6 nitrogen and oxygen atoms in total. The van der Waals surface area contributed by atoms with Crippen LogP contribution in [0.1, 0.15) is 25.7 Å². The molecule has 1 aliphatic carbocycles. The number of rotatable bonds is 4. The van der Waals surface area contributed by atoms with Crippen LogP contribution in [-0.2, 0) is 11.4 Å². The zero-order chi connectivity index (χ0) is 16.8. The van der Waals surface area contributed by atoms with Crippen LogP contribution in [0.15, 0.2) is 48.1 Å². The van der Waals surface area contributed by atoms with Gasteiger partial charge in [0.05, 0.1) is 12.0 Å². The first-order chi connectivity index (χ1) is 11.7. The maximum absolute atomic E-state index is 11.9. The predicted octanol–water partition coefficient (Wildman–Crippen LogP) is 4.33. The van der Waals surface area contributed by atoms with Crippen molar-refractivity contribution >= 4 is 29.1 Å². The number of anilines is 1. The van der Waals surface area contributed by atoms with Crippen LogP contribution in [-0.4, -0.2) is 21.4 Å². The zero-order valence-electron chi connectivity index (χ0n) is 13.2. The number of hydrogen-bond acceptors (Lipinski definition) is 4. The topological polar surface area (TPSA) is 68.5 Å². The molecule has 24 heavy (non-hydrogen) atoms. The van der Waals surface area contributed by atoms with Crippen LogP contribution in [0.3, 0.4) is 0 Å². The van der Waals surface area contributed by atoms with E-state index in [1.54, 1.807) is 36.8 Å². The van der Waals surface area contributed by atoms with Gasteiger partial charge in [0.15, 0.2) is 0 Å². The molecule has 0 bridgehead atoms. The molecular formula is C17H19ClN4O2. The molecule has 1 aliphatic rings. The third-order valence-electron chi connectivity index (χ3n) is 4.03. The number of nitrogens with one attached hydrogen (secondary N) is 1. The molecule has 3 rings (SSSR count). The molecule has 0 aliphatic heterocycles. The highest BCUT2D eigenvalue weighted by atomic mass is 35.5. The van der Waals surface area contributed by atoms with Gasteiger partial charge < -0.3 is 4.57 Å². The van der Waals surface area contributed by atoms with Crippen molar-refractivity contribution in [1.29, 1.82) is 0 Å². The van der Waals surface area contributed by atoms with Crippen LogP contribution in [0.2, 0.25) is 5.02 Å². The average molecular weight is 347 g/mol. The first kappa shape index (κ1) is 16.5. The number of nitrogens with zero attached hydrogens (tertiary/aromatic N) is 3. The van der Waals surface area contributed by atoms with E-state index < -0.39 is 6.09 Å². The molecule has 126 valence electrons. The quantitative estimate of drug-likeness (QED) is 0.661. The Morgan fingerprint density at radius 2 is 2.21 bits per heavy atom. The van der Waals surface area contributed by atoms with Crippen molar-refractivity contribution in [1.82, 2.24) is 9.55 Å². The molecule has 1 unspecified atom stereocenters. The van der Waals surface area contributed by atoms with Crippen molar-refractivity contribution < 1.29 is 9.63 Å². The van der Waals surface area contributed by atoms with E-state index in [0.29, 0.717) is 10.7 Å². The Kier molecular flexibility index (Phi) is 5.48. The lowest BCUT2D eigenvalue weighted by atomic mass is 9.87. The predicted molar refractivity (Wildman–Crippen MR) is 93.2 cm³/mol. The summed E-state index contributed by atoms with van der Waals surface area (Å²) in [4.78, 5) is 21.0. The Morgan fingerprint density at radius 1 is 1.38 bits per heavy atom. The van der Waals surface area contributed by atoms with E-state index in [2.05, 4.69) is 15.5 Å². The number of hydrogen-bond donors (Lipinski definition) is 1. The summed E-state index contributed by atoms with van der Waals surface area (Å²) in [6.45, 7) is 0.807. The van der Waals surface area contributed by atoms with Crippen LogP contribution in [0.25, 0.3) is 0 Å². The van der Waals surface area contributed by atoms with Gasteiger partial charge in [0.1, 0.15) is 0 Å². The number of carbonyl (C=O) groups is 1. The van der Waals surface area contributed by atoms with Gasteiger partial charge in [0.2, 0.25) is 0 Å². The largest absolute Gasteiger partial charge is 0.437 e. The normalized spacial score (nSPS) is 19.2. The van der Waals surface area contributed by atoms with E-state index in [1.807, 2.05) is 10.8 Å². The lowest BCUT2D eigenvalue weighted by Gasteiger charge is -2.23. The van der Waals surface area contributed by atoms with E-state index in [0.717, 1.165) is 37.9 Å². The van der Waals surface area contributed by atoms with Crippen LogP contribution < -0.4 is 5.32 Å². The highest BCUT2D eigenvalue weighted by Crippen LogP contribution is 2.23. The molecule has 1 atom stereocenters. The van der Waals surface area contributed by atoms with Crippen molar-refractivity contribution in [2.75, 3.05) is 5.32 Å². The summed E-state index contributed by atoms with van der Waals surface area (Å²) < 4.78 is 2.03. The van der Waals surface area contributed by atoms with Gasteiger partial charge in [0.25, 0.3) is 0 Å². The highest BCUT2D eigenvalue weighted by molar-refractivity contribution is 6.30. The number of carbonyl (C=O) groups excluding carboxylic acids is 1. The summed E-state index contributed by atoms with van der Waals surface area (Å²) in [6, 6.07) is 6.81. The summed E-state index contributed by atoms with van der Waals surface area (Å²) >= 11 is 5.81.